The van der Waals surface area contributed by atoms with Crippen LogP contribution in [0.25, 0.3) is 0 Å². The lowest BCUT2D eigenvalue weighted by molar-refractivity contribution is -0.116. The zero-order valence-corrected chi connectivity index (χ0v) is 13.2. The van der Waals surface area contributed by atoms with Crippen LogP contribution in [0.3, 0.4) is 0 Å². The molecule has 1 aromatic heterocycles. The number of hydrogen-bond donors (Lipinski definition) is 1. The van der Waals surface area contributed by atoms with Crippen LogP contribution < -0.4 is 5.32 Å². The normalized spacial score (nSPS) is 13.5. The topological polar surface area (TPSA) is 62.6 Å². The molecule has 3 rings (SSSR count). The number of nitrogens with one attached hydrogen (secondary N) is 1. The third-order valence-electron chi connectivity index (χ3n) is 4.00. The van der Waals surface area contributed by atoms with Crippen molar-refractivity contribution in [2.45, 2.75) is 32.7 Å². The van der Waals surface area contributed by atoms with Gasteiger partial charge in [-0.15, -0.1) is 0 Å². The largest absolute Gasteiger partial charge is 0.459 e. The summed E-state index contributed by atoms with van der Waals surface area (Å²) in [6.07, 6.45) is 3.65. The molecule has 1 aliphatic rings. The molecule has 2 amide bonds. The second-order valence-electron chi connectivity index (χ2n) is 5.74. The van der Waals surface area contributed by atoms with E-state index >= 15 is 0 Å². The number of amides is 2. The molecule has 0 fully saturated rings. The highest BCUT2D eigenvalue weighted by Crippen LogP contribution is 2.24. The molecule has 23 heavy (non-hydrogen) atoms. The highest BCUT2D eigenvalue weighted by atomic mass is 16.3. The Labute approximate surface area is 135 Å². The van der Waals surface area contributed by atoms with E-state index in [0.29, 0.717) is 25.3 Å². The summed E-state index contributed by atoms with van der Waals surface area (Å²) in [4.78, 5) is 25.9. The Kier molecular flexibility index (Phi) is 4.46. The van der Waals surface area contributed by atoms with Gasteiger partial charge in [0.15, 0.2) is 5.76 Å². The van der Waals surface area contributed by atoms with Crippen LogP contribution in [0.5, 0.6) is 0 Å². The Morgan fingerprint density at radius 2 is 2.13 bits per heavy atom. The molecule has 0 atom stereocenters. The first-order valence-corrected chi connectivity index (χ1v) is 7.92. The SMILES string of the molecule is CCCC(=O)Nc1ccc2c(c1)CN(C(=O)c1ccco1)CC2. The minimum Gasteiger partial charge on any atom is -0.459 e. The summed E-state index contributed by atoms with van der Waals surface area (Å²) in [5, 5.41) is 2.90. The second-order valence-corrected chi connectivity index (χ2v) is 5.74. The standard InChI is InChI=1S/C18H20N2O3/c1-2-4-17(21)19-15-7-6-13-8-9-20(12-14(13)11-15)18(22)16-5-3-10-23-16/h3,5-7,10-11H,2,4,8-9,12H2,1H3,(H,19,21). The minimum atomic E-state index is -0.0962. The fourth-order valence-electron chi connectivity index (χ4n) is 2.81. The van der Waals surface area contributed by atoms with Crippen molar-refractivity contribution in [3.05, 3.63) is 53.5 Å². The molecule has 2 aromatic rings. The number of hydrogen-bond acceptors (Lipinski definition) is 3. The number of carbonyl (C=O) groups excluding carboxylic acids is 2. The van der Waals surface area contributed by atoms with Crippen molar-refractivity contribution in [2.75, 3.05) is 11.9 Å². The van der Waals surface area contributed by atoms with E-state index in [4.69, 9.17) is 4.42 Å². The van der Waals surface area contributed by atoms with Crippen LogP contribution in [0, 0.1) is 0 Å². The van der Waals surface area contributed by atoms with E-state index in [0.717, 1.165) is 24.1 Å². The van der Waals surface area contributed by atoms with E-state index in [1.165, 1.54) is 11.8 Å². The third-order valence-corrected chi connectivity index (χ3v) is 4.00. The van der Waals surface area contributed by atoms with Crippen molar-refractivity contribution in [1.29, 1.82) is 0 Å². The van der Waals surface area contributed by atoms with Crippen molar-refractivity contribution in [2.24, 2.45) is 0 Å². The molecule has 0 radical (unpaired) electrons. The smallest absolute Gasteiger partial charge is 0.289 e. The molecule has 0 unspecified atom stereocenters. The molecule has 1 aromatic carbocycles. The second kappa shape index (κ2) is 6.69. The summed E-state index contributed by atoms with van der Waals surface area (Å²) >= 11 is 0. The summed E-state index contributed by atoms with van der Waals surface area (Å²) in [6, 6.07) is 9.32. The Balaban J connectivity index is 1.74. The van der Waals surface area contributed by atoms with Crippen LogP contribution in [0.2, 0.25) is 0 Å². The molecule has 1 N–H and O–H groups in total. The van der Waals surface area contributed by atoms with Crippen molar-refractivity contribution in [3.8, 4) is 0 Å². The molecule has 0 spiro atoms. The van der Waals surface area contributed by atoms with E-state index in [9.17, 15) is 9.59 Å². The van der Waals surface area contributed by atoms with E-state index < -0.39 is 0 Å². The van der Waals surface area contributed by atoms with Crippen LogP contribution in [-0.4, -0.2) is 23.3 Å². The Bertz CT molecular complexity index is 707. The molecule has 0 saturated carbocycles. The molecule has 0 aliphatic carbocycles. The van der Waals surface area contributed by atoms with Gasteiger partial charge in [0.25, 0.3) is 5.91 Å². The highest BCUT2D eigenvalue weighted by Gasteiger charge is 2.23. The summed E-state index contributed by atoms with van der Waals surface area (Å²) in [5.74, 6) is 0.286. The minimum absolute atomic E-state index is 0.0202. The molecule has 0 bridgehead atoms. The van der Waals surface area contributed by atoms with Crippen LogP contribution >= 0.6 is 0 Å². The van der Waals surface area contributed by atoms with Gasteiger partial charge in [0, 0.05) is 25.2 Å². The molecular formula is C18H20N2O3. The van der Waals surface area contributed by atoms with Crippen LogP contribution in [0.4, 0.5) is 5.69 Å². The Morgan fingerprint density at radius 3 is 2.87 bits per heavy atom. The maximum atomic E-state index is 12.4. The predicted molar refractivity (Wildman–Crippen MR) is 87.1 cm³/mol. The molecule has 5 nitrogen and oxygen atoms in total. The number of benzene rings is 1. The van der Waals surface area contributed by atoms with Crippen molar-refractivity contribution in [1.82, 2.24) is 4.90 Å². The van der Waals surface area contributed by atoms with Crippen molar-refractivity contribution >= 4 is 17.5 Å². The van der Waals surface area contributed by atoms with Gasteiger partial charge in [-0.05, 0) is 48.2 Å². The lowest BCUT2D eigenvalue weighted by Gasteiger charge is -2.28. The van der Waals surface area contributed by atoms with Gasteiger partial charge in [0.2, 0.25) is 5.91 Å². The summed E-state index contributed by atoms with van der Waals surface area (Å²) in [6.45, 7) is 3.19. The van der Waals surface area contributed by atoms with Crippen molar-refractivity contribution in [3.63, 3.8) is 0 Å². The number of carbonyl (C=O) groups is 2. The zero-order chi connectivity index (χ0) is 16.2. The quantitative estimate of drug-likeness (QED) is 0.943. The van der Waals surface area contributed by atoms with Gasteiger partial charge in [-0.3, -0.25) is 9.59 Å². The van der Waals surface area contributed by atoms with E-state index in [1.54, 1.807) is 17.0 Å². The third kappa shape index (κ3) is 3.44. The molecule has 2 heterocycles. The van der Waals surface area contributed by atoms with Crippen LogP contribution in [0.1, 0.15) is 41.4 Å². The van der Waals surface area contributed by atoms with Crippen LogP contribution in [0.15, 0.2) is 41.0 Å². The maximum Gasteiger partial charge on any atom is 0.289 e. The van der Waals surface area contributed by atoms with E-state index in [1.807, 2.05) is 25.1 Å². The monoisotopic (exact) mass is 312 g/mol. The predicted octanol–water partition coefficient (Wildman–Crippen LogP) is 3.22. The first-order chi connectivity index (χ1) is 11.2. The number of nitrogens with zero attached hydrogens (tertiary/aromatic N) is 1. The van der Waals surface area contributed by atoms with E-state index in [-0.39, 0.29) is 11.8 Å². The van der Waals surface area contributed by atoms with Gasteiger partial charge in [-0.25, -0.2) is 0 Å². The van der Waals surface area contributed by atoms with Gasteiger partial charge >= 0.3 is 0 Å². The molecule has 0 saturated heterocycles. The fourth-order valence-corrected chi connectivity index (χ4v) is 2.81. The van der Waals surface area contributed by atoms with Gasteiger partial charge in [0.05, 0.1) is 6.26 Å². The number of fused-ring (bicyclic) bond motifs is 1. The summed E-state index contributed by atoms with van der Waals surface area (Å²) < 4.78 is 5.19. The number of rotatable bonds is 4. The van der Waals surface area contributed by atoms with Crippen molar-refractivity contribution < 1.29 is 14.0 Å². The maximum absolute atomic E-state index is 12.4. The lowest BCUT2D eigenvalue weighted by Crippen LogP contribution is -2.35. The Hall–Kier alpha value is -2.56. The zero-order valence-electron chi connectivity index (χ0n) is 13.2. The number of anilines is 1. The van der Waals surface area contributed by atoms with E-state index in [2.05, 4.69) is 5.32 Å². The average molecular weight is 312 g/mol. The number of furan rings is 1. The molecule has 1 aliphatic heterocycles. The summed E-state index contributed by atoms with van der Waals surface area (Å²) in [5.41, 5.74) is 3.09. The highest BCUT2D eigenvalue weighted by molar-refractivity contribution is 5.92. The van der Waals surface area contributed by atoms with Gasteiger partial charge in [-0.2, -0.15) is 0 Å². The first kappa shape index (κ1) is 15.3. The lowest BCUT2D eigenvalue weighted by atomic mass is 9.98. The molecular weight excluding hydrogens is 292 g/mol. The van der Waals surface area contributed by atoms with Gasteiger partial charge in [0.1, 0.15) is 0 Å². The Morgan fingerprint density at radius 1 is 1.26 bits per heavy atom. The molecule has 5 heteroatoms. The average Bonchev–Trinajstić information content (AvgIpc) is 3.08. The first-order valence-electron chi connectivity index (χ1n) is 7.92. The van der Waals surface area contributed by atoms with Crippen LogP contribution in [-0.2, 0) is 17.8 Å². The molecule has 120 valence electrons. The van der Waals surface area contributed by atoms with Gasteiger partial charge < -0.3 is 14.6 Å². The van der Waals surface area contributed by atoms with Gasteiger partial charge in [-0.1, -0.05) is 13.0 Å². The summed E-state index contributed by atoms with van der Waals surface area (Å²) in [7, 11) is 0. The fraction of sp³-hybridized carbons (Fsp3) is 0.333.